The van der Waals surface area contributed by atoms with Crippen molar-refractivity contribution in [2.45, 2.75) is 39.2 Å². The lowest BCUT2D eigenvalue weighted by atomic mass is 9.96. The third kappa shape index (κ3) is 5.32. The van der Waals surface area contributed by atoms with Gasteiger partial charge in [0, 0.05) is 12.5 Å². The number of unbranched alkanes of at least 4 members (excludes halogenated alkanes) is 1. The second-order valence-corrected chi connectivity index (χ2v) is 5.01. The Bertz CT molecular complexity index is 349. The van der Waals surface area contributed by atoms with Crippen LogP contribution in [0, 0.1) is 5.92 Å². The number of rotatable bonds is 8. The zero-order valence-corrected chi connectivity index (χ0v) is 11.4. The van der Waals surface area contributed by atoms with E-state index >= 15 is 0 Å². The summed E-state index contributed by atoms with van der Waals surface area (Å²) in [7, 11) is 0. The van der Waals surface area contributed by atoms with Gasteiger partial charge in [-0.3, -0.25) is 4.79 Å². The molecule has 3 heteroatoms. The van der Waals surface area contributed by atoms with E-state index in [9.17, 15) is 4.79 Å². The van der Waals surface area contributed by atoms with E-state index in [4.69, 9.17) is 5.73 Å². The number of hydrogen-bond acceptors (Lipinski definition) is 2. The summed E-state index contributed by atoms with van der Waals surface area (Å²) in [5.41, 5.74) is 6.44. The highest BCUT2D eigenvalue weighted by atomic mass is 16.1. The molecule has 18 heavy (non-hydrogen) atoms. The highest BCUT2D eigenvalue weighted by molar-refractivity contribution is 5.73. The second kappa shape index (κ2) is 7.88. The number of nitrogens with one attached hydrogen (secondary N) is 1. The maximum Gasteiger partial charge on any atom is 0.217 e. The normalized spacial score (nSPS) is 12.6. The molecule has 0 radical (unpaired) electrons. The molecule has 3 nitrogen and oxygen atoms in total. The van der Waals surface area contributed by atoms with Gasteiger partial charge in [-0.05, 0) is 30.9 Å². The number of carbonyl (C=O) groups is 1. The van der Waals surface area contributed by atoms with Crippen molar-refractivity contribution in [1.82, 2.24) is 5.32 Å². The van der Waals surface area contributed by atoms with Crippen molar-refractivity contribution in [3.8, 4) is 0 Å². The first kappa shape index (κ1) is 14.7. The van der Waals surface area contributed by atoms with Gasteiger partial charge in [-0.1, -0.05) is 44.2 Å². The smallest absolute Gasteiger partial charge is 0.217 e. The van der Waals surface area contributed by atoms with Crippen LogP contribution in [0.1, 0.15) is 44.7 Å². The molecule has 1 amide bonds. The molecule has 1 aromatic carbocycles. The topological polar surface area (TPSA) is 55.1 Å². The van der Waals surface area contributed by atoms with Crippen molar-refractivity contribution in [2.24, 2.45) is 11.7 Å². The molecule has 0 aliphatic carbocycles. The van der Waals surface area contributed by atoms with E-state index in [1.165, 1.54) is 5.56 Å². The Labute approximate surface area is 110 Å². The number of nitrogens with two attached hydrogens (primary N) is 1. The highest BCUT2D eigenvalue weighted by Gasteiger charge is 2.14. The molecular formula is C15H24N2O. The van der Waals surface area contributed by atoms with Gasteiger partial charge < -0.3 is 11.1 Å². The third-order valence-electron chi connectivity index (χ3n) is 3.04. The Morgan fingerprint density at radius 1 is 1.22 bits per heavy atom. The molecule has 1 atom stereocenters. The predicted octanol–water partition coefficient (Wildman–Crippen LogP) is 2.63. The van der Waals surface area contributed by atoms with E-state index in [0.717, 1.165) is 19.4 Å². The van der Waals surface area contributed by atoms with E-state index < -0.39 is 0 Å². The van der Waals surface area contributed by atoms with Crippen LogP contribution in [0.3, 0.4) is 0 Å². The Balaban J connectivity index is 2.38. The summed E-state index contributed by atoms with van der Waals surface area (Å²) in [6, 6.07) is 10.9. The molecule has 0 saturated heterocycles. The predicted molar refractivity (Wildman–Crippen MR) is 75.1 cm³/mol. The Hall–Kier alpha value is -1.35. The van der Waals surface area contributed by atoms with Crippen molar-refractivity contribution in [1.29, 1.82) is 0 Å². The molecule has 0 aromatic heterocycles. The molecule has 1 unspecified atom stereocenters. The highest BCUT2D eigenvalue weighted by Crippen LogP contribution is 2.21. The molecule has 0 saturated carbocycles. The maximum atomic E-state index is 10.6. The first-order chi connectivity index (χ1) is 8.61. The van der Waals surface area contributed by atoms with E-state index in [1.54, 1.807) is 0 Å². The summed E-state index contributed by atoms with van der Waals surface area (Å²) in [5.74, 6) is 0.335. The number of primary amides is 1. The van der Waals surface area contributed by atoms with Gasteiger partial charge in [-0.15, -0.1) is 0 Å². The Morgan fingerprint density at radius 3 is 2.44 bits per heavy atom. The lowest BCUT2D eigenvalue weighted by Crippen LogP contribution is -2.26. The summed E-state index contributed by atoms with van der Waals surface area (Å²) in [6.45, 7) is 5.35. The quantitative estimate of drug-likeness (QED) is 0.695. The molecule has 100 valence electrons. The fraction of sp³-hybridized carbons (Fsp3) is 0.533. The maximum absolute atomic E-state index is 10.6. The van der Waals surface area contributed by atoms with Crippen molar-refractivity contribution < 1.29 is 4.79 Å². The summed E-state index contributed by atoms with van der Waals surface area (Å²) in [4.78, 5) is 10.6. The standard InChI is InChI=1S/C15H24N2O/c1-12(2)15(13-8-4-3-5-9-13)17-11-7-6-10-14(16)18/h3-5,8-9,12,15,17H,6-7,10-11H2,1-2H3,(H2,16,18). The summed E-state index contributed by atoms with van der Waals surface area (Å²) < 4.78 is 0. The van der Waals surface area contributed by atoms with Crippen LogP contribution < -0.4 is 11.1 Å². The number of hydrogen-bond donors (Lipinski definition) is 2. The van der Waals surface area contributed by atoms with Gasteiger partial charge in [0.1, 0.15) is 0 Å². The lowest BCUT2D eigenvalue weighted by Gasteiger charge is -2.23. The molecule has 0 bridgehead atoms. The zero-order chi connectivity index (χ0) is 13.4. The van der Waals surface area contributed by atoms with Crippen LogP contribution in [0.4, 0.5) is 0 Å². The average molecular weight is 248 g/mol. The molecule has 0 fully saturated rings. The molecule has 1 rings (SSSR count). The first-order valence-electron chi connectivity index (χ1n) is 6.68. The van der Waals surface area contributed by atoms with Crippen molar-refractivity contribution in [3.05, 3.63) is 35.9 Å². The van der Waals surface area contributed by atoms with Crippen LogP contribution in [-0.4, -0.2) is 12.5 Å². The van der Waals surface area contributed by atoms with Gasteiger partial charge in [0.2, 0.25) is 5.91 Å². The van der Waals surface area contributed by atoms with Gasteiger partial charge in [-0.25, -0.2) is 0 Å². The van der Waals surface area contributed by atoms with Crippen LogP contribution in [0.15, 0.2) is 30.3 Å². The fourth-order valence-corrected chi connectivity index (χ4v) is 2.08. The van der Waals surface area contributed by atoms with E-state index in [-0.39, 0.29) is 5.91 Å². The van der Waals surface area contributed by atoms with Gasteiger partial charge in [0.25, 0.3) is 0 Å². The molecule has 3 N–H and O–H groups in total. The first-order valence-corrected chi connectivity index (χ1v) is 6.68. The number of amides is 1. The fourth-order valence-electron chi connectivity index (χ4n) is 2.08. The van der Waals surface area contributed by atoms with Gasteiger partial charge >= 0.3 is 0 Å². The van der Waals surface area contributed by atoms with Crippen LogP contribution in [-0.2, 0) is 4.79 Å². The lowest BCUT2D eigenvalue weighted by molar-refractivity contribution is -0.118. The molecular weight excluding hydrogens is 224 g/mol. The van der Waals surface area contributed by atoms with Crippen LogP contribution in [0.25, 0.3) is 0 Å². The summed E-state index contributed by atoms with van der Waals surface area (Å²) >= 11 is 0. The van der Waals surface area contributed by atoms with Crippen molar-refractivity contribution in [2.75, 3.05) is 6.54 Å². The van der Waals surface area contributed by atoms with Crippen LogP contribution >= 0.6 is 0 Å². The Kier molecular flexibility index (Phi) is 6.44. The molecule has 1 aromatic rings. The second-order valence-electron chi connectivity index (χ2n) is 5.01. The van der Waals surface area contributed by atoms with E-state index in [0.29, 0.717) is 18.4 Å². The van der Waals surface area contributed by atoms with Crippen LogP contribution in [0.5, 0.6) is 0 Å². The largest absolute Gasteiger partial charge is 0.370 e. The molecule has 0 aliphatic rings. The minimum absolute atomic E-state index is 0.210. The molecule has 0 heterocycles. The average Bonchev–Trinajstić information content (AvgIpc) is 2.34. The summed E-state index contributed by atoms with van der Waals surface area (Å²) in [6.07, 6.45) is 2.33. The zero-order valence-electron chi connectivity index (χ0n) is 11.4. The third-order valence-corrected chi connectivity index (χ3v) is 3.04. The SMILES string of the molecule is CC(C)C(NCCCCC(N)=O)c1ccccc1. The monoisotopic (exact) mass is 248 g/mol. The number of benzene rings is 1. The van der Waals surface area contributed by atoms with Crippen LogP contribution in [0.2, 0.25) is 0 Å². The minimum atomic E-state index is -0.210. The molecule has 0 aliphatic heterocycles. The van der Waals surface area contributed by atoms with E-state index in [1.807, 2.05) is 6.07 Å². The minimum Gasteiger partial charge on any atom is -0.370 e. The Morgan fingerprint density at radius 2 is 1.89 bits per heavy atom. The van der Waals surface area contributed by atoms with Gasteiger partial charge in [0.15, 0.2) is 0 Å². The summed E-state index contributed by atoms with van der Waals surface area (Å²) in [5, 5.41) is 3.56. The van der Waals surface area contributed by atoms with Crippen molar-refractivity contribution in [3.63, 3.8) is 0 Å². The van der Waals surface area contributed by atoms with Crippen molar-refractivity contribution >= 4 is 5.91 Å². The number of carbonyl (C=O) groups excluding carboxylic acids is 1. The van der Waals surface area contributed by atoms with E-state index in [2.05, 4.69) is 43.4 Å². The van der Waals surface area contributed by atoms with Gasteiger partial charge in [0.05, 0.1) is 0 Å². The molecule has 0 spiro atoms. The van der Waals surface area contributed by atoms with Gasteiger partial charge in [-0.2, -0.15) is 0 Å².